The molecule has 0 unspecified atom stereocenters. The SMILES string of the molecule is [N-]=[N+]=NCCc1ccccc1C=C(Br)Br. The Balaban J connectivity index is 2.86. The molecule has 0 radical (unpaired) electrons. The summed E-state index contributed by atoms with van der Waals surface area (Å²) >= 11 is 6.65. The molecule has 5 heteroatoms. The number of hydrogen-bond donors (Lipinski definition) is 0. The Hall–Kier alpha value is -0.770. The van der Waals surface area contributed by atoms with Crippen LogP contribution in [0.4, 0.5) is 0 Å². The Kier molecular flexibility index (Phi) is 5.47. The van der Waals surface area contributed by atoms with Crippen molar-refractivity contribution in [2.24, 2.45) is 5.11 Å². The molecule has 0 N–H and O–H groups in total. The Bertz CT molecular complexity index is 405. The minimum atomic E-state index is 0.487. The number of hydrogen-bond acceptors (Lipinski definition) is 1. The van der Waals surface area contributed by atoms with Gasteiger partial charge in [-0.1, -0.05) is 29.4 Å². The van der Waals surface area contributed by atoms with Crippen LogP contribution in [0.1, 0.15) is 11.1 Å². The van der Waals surface area contributed by atoms with Gasteiger partial charge in [-0.15, -0.1) is 0 Å². The molecule has 0 aliphatic rings. The van der Waals surface area contributed by atoms with Gasteiger partial charge in [0.2, 0.25) is 0 Å². The highest BCUT2D eigenvalue weighted by atomic mass is 79.9. The highest BCUT2D eigenvalue weighted by Crippen LogP contribution is 2.20. The maximum atomic E-state index is 8.19. The average Bonchev–Trinajstić information content (AvgIpc) is 2.20. The second-order valence-electron chi connectivity index (χ2n) is 2.84. The number of rotatable bonds is 4. The van der Waals surface area contributed by atoms with E-state index in [1.54, 1.807) is 0 Å². The molecule has 0 amide bonds. The summed E-state index contributed by atoms with van der Waals surface area (Å²) in [6.45, 7) is 0.487. The molecule has 0 spiro atoms. The summed E-state index contributed by atoms with van der Waals surface area (Å²) in [5, 5.41) is 3.52. The molecule has 0 aliphatic heterocycles. The molecule has 1 rings (SSSR count). The standard InChI is InChI=1S/C10H9Br2N3/c11-10(12)7-9-4-2-1-3-8(9)5-6-14-15-13/h1-4,7H,5-6H2. The van der Waals surface area contributed by atoms with Crippen LogP contribution in [0.15, 0.2) is 32.8 Å². The van der Waals surface area contributed by atoms with Gasteiger partial charge < -0.3 is 0 Å². The average molecular weight is 331 g/mol. The fourth-order valence-corrected chi connectivity index (χ4v) is 1.73. The number of benzene rings is 1. The zero-order valence-electron chi connectivity index (χ0n) is 7.90. The Morgan fingerprint density at radius 1 is 1.40 bits per heavy atom. The second-order valence-corrected chi connectivity index (χ2v) is 5.61. The van der Waals surface area contributed by atoms with Crippen LogP contribution < -0.4 is 0 Å². The summed E-state index contributed by atoms with van der Waals surface area (Å²) in [6.07, 6.45) is 2.73. The van der Waals surface area contributed by atoms with Gasteiger partial charge in [0.1, 0.15) is 0 Å². The maximum absolute atomic E-state index is 8.19. The van der Waals surface area contributed by atoms with E-state index in [2.05, 4.69) is 41.9 Å². The van der Waals surface area contributed by atoms with Crippen molar-refractivity contribution in [3.8, 4) is 0 Å². The Morgan fingerprint density at radius 2 is 2.13 bits per heavy atom. The van der Waals surface area contributed by atoms with E-state index in [0.717, 1.165) is 15.4 Å². The van der Waals surface area contributed by atoms with Crippen molar-refractivity contribution >= 4 is 37.9 Å². The molecule has 0 saturated carbocycles. The molecule has 0 fully saturated rings. The van der Waals surface area contributed by atoms with E-state index >= 15 is 0 Å². The predicted octanol–water partition coefficient (Wildman–Crippen LogP) is 4.63. The fourth-order valence-electron chi connectivity index (χ4n) is 1.24. The lowest BCUT2D eigenvalue weighted by Gasteiger charge is -2.03. The monoisotopic (exact) mass is 329 g/mol. The summed E-state index contributed by atoms with van der Waals surface area (Å²) in [7, 11) is 0. The molecule has 1 aromatic carbocycles. The van der Waals surface area contributed by atoms with Crippen molar-refractivity contribution in [1.82, 2.24) is 0 Å². The number of azide groups is 1. The third kappa shape index (κ3) is 4.51. The number of nitrogens with zero attached hydrogens (tertiary/aromatic N) is 3. The van der Waals surface area contributed by atoms with Crippen LogP contribution >= 0.6 is 31.9 Å². The van der Waals surface area contributed by atoms with Gasteiger partial charge in [-0.25, -0.2) is 0 Å². The van der Waals surface area contributed by atoms with Gasteiger partial charge in [-0.05, 0) is 61.0 Å². The molecule has 0 aromatic heterocycles. The summed E-state index contributed by atoms with van der Waals surface area (Å²) in [5.41, 5.74) is 10.5. The second kappa shape index (κ2) is 6.67. The van der Waals surface area contributed by atoms with Crippen LogP contribution in [0.25, 0.3) is 16.5 Å². The third-order valence-electron chi connectivity index (χ3n) is 1.86. The molecule has 0 bridgehead atoms. The van der Waals surface area contributed by atoms with Gasteiger partial charge in [0.25, 0.3) is 0 Å². The first kappa shape index (κ1) is 12.3. The largest absolute Gasteiger partial charge is 0.0936 e. The molecule has 1 aromatic rings. The maximum Gasteiger partial charge on any atom is 0.0610 e. The summed E-state index contributed by atoms with van der Waals surface area (Å²) < 4.78 is 0.895. The Morgan fingerprint density at radius 3 is 2.80 bits per heavy atom. The van der Waals surface area contributed by atoms with E-state index in [-0.39, 0.29) is 0 Å². The highest BCUT2D eigenvalue weighted by molar-refractivity contribution is 9.28. The normalized spacial score (nSPS) is 9.20. The van der Waals surface area contributed by atoms with Crippen molar-refractivity contribution in [3.63, 3.8) is 0 Å². The fraction of sp³-hybridized carbons (Fsp3) is 0.200. The Labute approximate surface area is 105 Å². The summed E-state index contributed by atoms with van der Waals surface area (Å²) in [4.78, 5) is 2.73. The van der Waals surface area contributed by atoms with Crippen molar-refractivity contribution in [1.29, 1.82) is 0 Å². The van der Waals surface area contributed by atoms with Crippen LogP contribution in [0.5, 0.6) is 0 Å². The van der Waals surface area contributed by atoms with Crippen molar-refractivity contribution in [2.45, 2.75) is 6.42 Å². The lowest BCUT2D eigenvalue weighted by Crippen LogP contribution is -1.91. The minimum Gasteiger partial charge on any atom is -0.0936 e. The summed E-state index contributed by atoms with van der Waals surface area (Å²) in [6, 6.07) is 8.01. The van der Waals surface area contributed by atoms with Crippen LogP contribution in [0.3, 0.4) is 0 Å². The van der Waals surface area contributed by atoms with Crippen molar-refractivity contribution in [2.75, 3.05) is 6.54 Å². The topological polar surface area (TPSA) is 48.8 Å². The molecule has 3 nitrogen and oxygen atoms in total. The van der Waals surface area contributed by atoms with Gasteiger partial charge >= 0.3 is 0 Å². The molecule has 78 valence electrons. The van der Waals surface area contributed by atoms with Crippen molar-refractivity contribution in [3.05, 3.63) is 49.2 Å². The lowest BCUT2D eigenvalue weighted by atomic mass is 10.1. The van der Waals surface area contributed by atoms with Crippen LogP contribution in [-0.4, -0.2) is 6.54 Å². The van der Waals surface area contributed by atoms with Gasteiger partial charge in [0.05, 0.1) is 3.39 Å². The number of halogens is 2. The molecule has 0 saturated heterocycles. The zero-order chi connectivity index (χ0) is 11.1. The predicted molar refractivity (Wildman–Crippen MR) is 70.0 cm³/mol. The van der Waals surface area contributed by atoms with Gasteiger partial charge in [0.15, 0.2) is 0 Å². The van der Waals surface area contributed by atoms with E-state index < -0.39 is 0 Å². The zero-order valence-corrected chi connectivity index (χ0v) is 11.1. The molecule has 0 heterocycles. The van der Waals surface area contributed by atoms with E-state index in [1.807, 2.05) is 30.3 Å². The summed E-state index contributed by atoms with van der Waals surface area (Å²) in [5.74, 6) is 0. The van der Waals surface area contributed by atoms with Crippen LogP contribution in [0.2, 0.25) is 0 Å². The molecule has 15 heavy (non-hydrogen) atoms. The van der Waals surface area contributed by atoms with Gasteiger partial charge in [0, 0.05) is 11.5 Å². The smallest absolute Gasteiger partial charge is 0.0610 e. The van der Waals surface area contributed by atoms with E-state index in [1.165, 1.54) is 5.56 Å². The van der Waals surface area contributed by atoms with Crippen LogP contribution in [0, 0.1) is 0 Å². The first-order valence-electron chi connectivity index (χ1n) is 4.35. The van der Waals surface area contributed by atoms with E-state index in [9.17, 15) is 0 Å². The van der Waals surface area contributed by atoms with Crippen molar-refractivity contribution < 1.29 is 0 Å². The third-order valence-corrected chi connectivity index (χ3v) is 2.32. The van der Waals surface area contributed by atoms with Gasteiger partial charge in [-0.3, -0.25) is 0 Å². The van der Waals surface area contributed by atoms with E-state index in [0.29, 0.717) is 6.54 Å². The molecular weight excluding hydrogens is 322 g/mol. The lowest BCUT2D eigenvalue weighted by molar-refractivity contribution is 0.954. The first-order valence-corrected chi connectivity index (χ1v) is 5.94. The van der Waals surface area contributed by atoms with E-state index in [4.69, 9.17) is 5.53 Å². The highest BCUT2D eigenvalue weighted by Gasteiger charge is 1.98. The quantitative estimate of drug-likeness (QED) is 0.439. The minimum absolute atomic E-state index is 0.487. The van der Waals surface area contributed by atoms with Crippen LogP contribution in [-0.2, 0) is 6.42 Å². The molecular formula is C10H9Br2N3. The first-order chi connectivity index (χ1) is 7.24. The van der Waals surface area contributed by atoms with Gasteiger partial charge in [-0.2, -0.15) is 0 Å². The molecule has 0 aliphatic carbocycles. The molecule has 0 atom stereocenters.